The van der Waals surface area contributed by atoms with E-state index in [1.807, 2.05) is 0 Å². The molecule has 1 aromatic carbocycles. The van der Waals surface area contributed by atoms with Gasteiger partial charge in [-0.05, 0) is 50.3 Å². The zero-order valence-electron chi connectivity index (χ0n) is 13.4. The number of hydrogen-bond acceptors (Lipinski definition) is 3. The SMILES string of the molecule is CC1=C(C(=O)OC2CCCC2)[C@H](c2c(Cl)cccc2Cl)CC(=O)N1. The van der Waals surface area contributed by atoms with Crippen molar-refractivity contribution in [3.8, 4) is 0 Å². The maximum absolute atomic E-state index is 12.8. The highest BCUT2D eigenvalue weighted by molar-refractivity contribution is 6.36. The lowest BCUT2D eigenvalue weighted by Gasteiger charge is -2.28. The third kappa shape index (κ3) is 3.45. The van der Waals surface area contributed by atoms with Crippen LogP contribution in [0.15, 0.2) is 29.5 Å². The summed E-state index contributed by atoms with van der Waals surface area (Å²) in [6.07, 6.45) is 4.01. The van der Waals surface area contributed by atoms with Crippen molar-refractivity contribution < 1.29 is 14.3 Å². The number of rotatable bonds is 3. The Labute approximate surface area is 151 Å². The highest BCUT2D eigenvalue weighted by atomic mass is 35.5. The van der Waals surface area contributed by atoms with Gasteiger partial charge in [0.15, 0.2) is 0 Å². The second kappa shape index (κ2) is 7.16. The molecule has 3 rings (SSSR count). The Morgan fingerprint density at radius 2 is 1.83 bits per heavy atom. The van der Waals surface area contributed by atoms with Crippen molar-refractivity contribution >= 4 is 35.1 Å². The van der Waals surface area contributed by atoms with Crippen LogP contribution in [0.3, 0.4) is 0 Å². The Bertz CT molecular complexity index is 688. The number of carbonyl (C=O) groups excluding carboxylic acids is 2. The molecule has 0 aromatic heterocycles. The van der Waals surface area contributed by atoms with Crippen molar-refractivity contribution in [2.24, 2.45) is 0 Å². The maximum atomic E-state index is 12.8. The van der Waals surface area contributed by atoms with Crippen LogP contribution in [0.2, 0.25) is 10.0 Å². The van der Waals surface area contributed by atoms with E-state index in [1.165, 1.54) is 0 Å². The van der Waals surface area contributed by atoms with E-state index in [4.69, 9.17) is 27.9 Å². The number of ether oxygens (including phenoxy) is 1. The minimum absolute atomic E-state index is 0.0437. The lowest BCUT2D eigenvalue weighted by molar-refractivity contribution is -0.144. The molecule has 1 amide bonds. The molecular weight excluding hydrogens is 349 g/mol. The van der Waals surface area contributed by atoms with E-state index in [9.17, 15) is 9.59 Å². The lowest BCUT2D eigenvalue weighted by atomic mass is 9.84. The van der Waals surface area contributed by atoms with Crippen molar-refractivity contribution in [1.29, 1.82) is 0 Å². The molecule has 1 fully saturated rings. The van der Waals surface area contributed by atoms with E-state index in [2.05, 4.69) is 5.32 Å². The van der Waals surface area contributed by atoms with Crippen LogP contribution < -0.4 is 5.32 Å². The summed E-state index contributed by atoms with van der Waals surface area (Å²) >= 11 is 12.6. The van der Waals surface area contributed by atoms with Gasteiger partial charge in [-0.15, -0.1) is 0 Å². The topological polar surface area (TPSA) is 55.4 Å². The Morgan fingerprint density at radius 3 is 2.46 bits per heavy atom. The summed E-state index contributed by atoms with van der Waals surface area (Å²) in [5.74, 6) is -1.04. The molecule has 0 bridgehead atoms. The van der Waals surface area contributed by atoms with Crippen LogP contribution in [0.4, 0.5) is 0 Å². The van der Waals surface area contributed by atoms with Crippen LogP contribution in [-0.2, 0) is 14.3 Å². The number of nitrogens with one attached hydrogen (secondary N) is 1. The van der Waals surface area contributed by atoms with Crippen LogP contribution in [0.1, 0.15) is 50.5 Å². The average Bonchev–Trinajstić information content (AvgIpc) is 2.99. The third-order valence-corrected chi connectivity index (χ3v) is 5.27. The summed E-state index contributed by atoms with van der Waals surface area (Å²) in [7, 11) is 0. The number of esters is 1. The quantitative estimate of drug-likeness (QED) is 0.807. The average molecular weight is 368 g/mol. The highest BCUT2D eigenvalue weighted by Gasteiger charge is 2.36. The Balaban J connectivity index is 1.97. The minimum Gasteiger partial charge on any atom is -0.459 e. The van der Waals surface area contributed by atoms with Crippen molar-refractivity contribution in [2.75, 3.05) is 0 Å². The number of benzene rings is 1. The molecule has 24 heavy (non-hydrogen) atoms. The molecule has 0 saturated heterocycles. The third-order valence-electron chi connectivity index (χ3n) is 4.61. The normalized spacial score (nSPS) is 21.8. The summed E-state index contributed by atoms with van der Waals surface area (Å²) in [4.78, 5) is 24.8. The zero-order chi connectivity index (χ0) is 17.3. The Morgan fingerprint density at radius 1 is 1.21 bits per heavy atom. The van der Waals surface area contributed by atoms with E-state index in [-0.39, 0.29) is 24.4 Å². The second-order valence-electron chi connectivity index (χ2n) is 6.29. The fourth-order valence-corrected chi connectivity index (χ4v) is 4.14. The molecule has 1 N–H and O–H groups in total. The number of allylic oxidation sites excluding steroid dienone is 1. The molecule has 2 aliphatic rings. The van der Waals surface area contributed by atoms with Gasteiger partial charge < -0.3 is 10.1 Å². The van der Waals surface area contributed by atoms with Gasteiger partial charge in [-0.25, -0.2) is 4.79 Å². The summed E-state index contributed by atoms with van der Waals surface area (Å²) in [5.41, 5.74) is 1.56. The van der Waals surface area contributed by atoms with E-state index in [1.54, 1.807) is 25.1 Å². The molecule has 1 saturated carbocycles. The minimum atomic E-state index is -0.492. The molecule has 1 heterocycles. The van der Waals surface area contributed by atoms with Gasteiger partial charge in [0.1, 0.15) is 6.10 Å². The van der Waals surface area contributed by atoms with Crippen LogP contribution in [-0.4, -0.2) is 18.0 Å². The standard InChI is InChI=1S/C18H19Cl2NO3/c1-10-16(18(23)24-11-5-2-3-6-11)12(9-15(22)21-10)17-13(19)7-4-8-14(17)20/h4,7-8,11-12H,2-3,5-6,9H2,1H3,(H,21,22)/t12-/m1/s1. The molecule has 1 aliphatic carbocycles. The smallest absolute Gasteiger partial charge is 0.336 e. The molecule has 1 aromatic rings. The Hall–Kier alpha value is -1.52. The summed E-state index contributed by atoms with van der Waals surface area (Å²) < 4.78 is 5.65. The van der Waals surface area contributed by atoms with E-state index in [0.29, 0.717) is 26.9 Å². The van der Waals surface area contributed by atoms with Crippen molar-refractivity contribution in [3.05, 3.63) is 45.1 Å². The van der Waals surface area contributed by atoms with Gasteiger partial charge in [0.2, 0.25) is 5.91 Å². The van der Waals surface area contributed by atoms with E-state index >= 15 is 0 Å². The molecule has 4 nitrogen and oxygen atoms in total. The van der Waals surface area contributed by atoms with Gasteiger partial charge in [0, 0.05) is 28.1 Å². The summed E-state index contributed by atoms with van der Waals surface area (Å²) in [5, 5.41) is 3.62. The van der Waals surface area contributed by atoms with Gasteiger partial charge in [0.25, 0.3) is 0 Å². The lowest BCUT2D eigenvalue weighted by Crippen LogP contribution is -2.35. The predicted octanol–water partition coefficient (Wildman–Crippen LogP) is 4.36. The molecule has 1 atom stereocenters. The molecule has 0 radical (unpaired) electrons. The second-order valence-corrected chi connectivity index (χ2v) is 7.11. The van der Waals surface area contributed by atoms with Crippen LogP contribution >= 0.6 is 23.2 Å². The first-order valence-electron chi connectivity index (χ1n) is 8.13. The largest absolute Gasteiger partial charge is 0.459 e. The number of carbonyl (C=O) groups is 2. The fraction of sp³-hybridized carbons (Fsp3) is 0.444. The monoisotopic (exact) mass is 367 g/mol. The molecular formula is C18H19Cl2NO3. The molecule has 6 heteroatoms. The summed E-state index contributed by atoms with van der Waals surface area (Å²) in [6.45, 7) is 1.71. The Kier molecular flexibility index (Phi) is 5.16. The molecule has 0 unspecified atom stereocenters. The van der Waals surface area contributed by atoms with Gasteiger partial charge >= 0.3 is 5.97 Å². The first-order chi connectivity index (χ1) is 11.5. The predicted molar refractivity (Wildman–Crippen MR) is 93.0 cm³/mol. The van der Waals surface area contributed by atoms with Crippen molar-refractivity contribution in [2.45, 2.75) is 51.0 Å². The van der Waals surface area contributed by atoms with Crippen molar-refractivity contribution in [1.82, 2.24) is 5.32 Å². The van der Waals surface area contributed by atoms with Gasteiger partial charge in [-0.3, -0.25) is 4.79 Å². The number of halogens is 2. The number of hydrogen-bond donors (Lipinski definition) is 1. The zero-order valence-corrected chi connectivity index (χ0v) is 14.9. The van der Waals surface area contributed by atoms with E-state index < -0.39 is 5.92 Å². The summed E-state index contributed by atoms with van der Waals surface area (Å²) in [6, 6.07) is 5.17. The molecule has 1 aliphatic heterocycles. The number of amides is 1. The first kappa shape index (κ1) is 17.3. The first-order valence-corrected chi connectivity index (χ1v) is 8.88. The van der Waals surface area contributed by atoms with E-state index in [0.717, 1.165) is 25.7 Å². The van der Waals surface area contributed by atoms with Gasteiger partial charge in [-0.2, -0.15) is 0 Å². The highest BCUT2D eigenvalue weighted by Crippen LogP contribution is 2.41. The van der Waals surface area contributed by atoms with Gasteiger partial charge in [-0.1, -0.05) is 29.3 Å². The van der Waals surface area contributed by atoms with Gasteiger partial charge in [0.05, 0.1) is 5.57 Å². The molecule has 0 spiro atoms. The van der Waals surface area contributed by atoms with Crippen LogP contribution in [0.5, 0.6) is 0 Å². The maximum Gasteiger partial charge on any atom is 0.336 e. The van der Waals surface area contributed by atoms with Crippen molar-refractivity contribution in [3.63, 3.8) is 0 Å². The van der Waals surface area contributed by atoms with Crippen LogP contribution in [0.25, 0.3) is 0 Å². The molecule has 128 valence electrons. The fourth-order valence-electron chi connectivity index (χ4n) is 3.48. The van der Waals surface area contributed by atoms with Crippen LogP contribution in [0, 0.1) is 0 Å².